The van der Waals surface area contributed by atoms with Crippen LogP contribution in [0.15, 0.2) is 23.1 Å². The molecule has 6 heteroatoms. The second-order valence-corrected chi connectivity index (χ2v) is 5.79. The molecule has 0 aliphatic rings. The molecule has 0 fully saturated rings. The summed E-state index contributed by atoms with van der Waals surface area (Å²) in [6.45, 7) is 3.71. The van der Waals surface area contributed by atoms with E-state index in [2.05, 4.69) is 0 Å². The van der Waals surface area contributed by atoms with Crippen molar-refractivity contribution in [2.75, 3.05) is 0 Å². The fourth-order valence-electron chi connectivity index (χ4n) is 1.30. The van der Waals surface area contributed by atoms with Crippen LogP contribution >= 0.6 is 23.4 Å². The number of alkyl halides is 3. The number of aliphatic hydroxyl groups excluding tert-OH is 1. The molecular formula is C11H12ClF3OS. The summed E-state index contributed by atoms with van der Waals surface area (Å²) in [5.74, 6) is 0. The summed E-state index contributed by atoms with van der Waals surface area (Å²) in [6, 6.07) is 4.44. The zero-order chi connectivity index (χ0) is 13.2. The number of hydrogen-bond donors (Lipinski definition) is 1. The molecule has 0 radical (unpaired) electrons. The van der Waals surface area contributed by atoms with Gasteiger partial charge in [-0.15, -0.1) is 11.8 Å². The first-order valence-corrected chi connectivity index (χ1v) is 6.19. The molecule has 17 heavy (non-hydrogen) atoms. The molecule has 0 saturated carbocycles. The molecule has 1 aromatic rings. The highest BCUT2D eigenvalue weighted by Gasteiger charge is 2.41. The van der Waals surface area contributed by atoms with Gasteiger partial charge in [-0.05, 0) is 12.1 Å². The van der Waals surface area contributed by atoms with Crippen molar-refractivity contribution in [1.29, 1.82) is 0 Å². The first-order chi connectivity index (χ1) is 7.73. The second-order valence-electron chi connectivity index (χ2n) is 3.76. The molecule has 1 N–H and O–H groups in total. The van der Waals surface area contributed by atoms with Gasteiger partial charge in [-0.1, -0.05) is 31.5 Å². The topological polar surface area (TPSA) is 20.2 Å². The van der Waals surface area contributed by atoms with Crippen molar-refractivity contribution in [3.63, 3.8) is 0 Å². The van der Waals surface area contributed by atoms with Gasteiger partial charge < -0.3 is 5.11 Å². The predicted molar refractivity (Wildman–Crippen MR) is 63.5 cm³/mol. The van der Waals surface area contributed by atoms with Gasteiger partial charge in [-0.25, -0.2) is 0 Å². The molecule has 0 aliphatic heterocycles. The molecule has 0 heterocycles. The fourth-order valence-corrected chi connectivity index (χ4v) is 2.65. The van der Waals surface area contributed by atoms with Gasteiger partial charge in [0.15, 0.2) is 6.10 Å². The van der Waals surface area contributed by atoms with E-state index in [0.29, 0.717) is 4.90 Å². The van der Waals surface area contributed by atoms with Crippen LogP contribution in [-0.2, 0) is 0 Å². The van der Waals surface area contributed by atoms with Gasteiger partial charge in [0.2, 0.25) is 0 Å². The zero-order valence-electron chi connectivity index (χ0n) is 9.25. The monoisotopic (exact) mass is 284 g/mol. The number of hydrogen-bond acceptors (Lipinski definition) is 2. The molecule has 0 aliphatic carbocycles. The molecule has 1 aromatic carbocycles. The lowest BCUT2D eigenvalue weighted by Crippen LogP contribution is -2.21. The third-order valence-corrected chi connectivity index (χ3v) is 3.37. The number of benzene rings is 1. The van der Waals surface area contributed by atoms with Gasteiger partial charge >= 0.3 is 6.18 Å². The summed E-state index contributed by atoms with van der Waals surface area (Å²) < 4.78 is 37.5. The third-order valence-electron chi connectivity index (χ3n) is 1.96. The zero-order valence-corrected chi connectivity index (χ0v) is 10.8. The average Bonchev–Trinajstić information content (AvgIpc) is 2.14. The highest BCUT2D eigenvalue weighted by Crippen LogP contribution is 2.41. The molecule has 1 rings (SSSR count). The van der Waals surface area contributed by atoms with Crippen molar-refractivity contribution in [3.05, 3.63) is 28.8 Å². The minimum absolute atomic E-state index is 0.0690. The molecule has 1 nitrogen and oxygen atoms in total. The Bertz CT molecular complexity index is 393. The largest absolute Gasteiger partial charge is 0.418 e. The van der Waals surface area contributed by atoms with Gasteiger partial charge in [0.05, 0.1) is 0 Å². The Morgan fingerprint density at radius 2 is 1.88 bits per heavy atom. The van der Waals surface area contributed by atoms with E-state index in [4.69, 9.17) is 11.6 Å². The van der Waals surface area contributed by atoms with Crippen LogP contribution in [0.4, 0.5) is 13.2 Å². The standard InChI is InChI=1S/C11H12ClF3OS/c1-6(2)17-8-5-3-4-7(12)9(8)10(16)11(13,14)15/h3-6,10,16H,1-2H3/t10-/m0/s1. The molecule has 0 aromatic heterocycles. The minimum atomic E-state index is -4.71. The van der Waals surface area contributed by atoms with Gasteiger partial charge in [-0.2, -0.15) is 13.2 Å². The molecule has 0 saturated heterocycles. The Morgan fingerprint density at radius 3 is 2.35 bits per heavy atom. The van der Waals surface area contributed by atoms with Crippen LogP contribution in [0, 0.1) is 0 Å². The third kappa shape index (κ3) is 3.79. The highest BCUT2D eigenvalue weighted by atomic mass is 35.5. The van der Waals surface area contributed by atoms with Crippen LogP contribution in [-0.4, -0.2) is 16.5 Å². The Balaban J connectivity index is 3.20. The molecule has 1 atom stereocenters. The quantitative estimate of drug-likeness (QED) is 0.828. The maximum atomic E-state index is 12.5. The van der Waals surface area contributed by atoms with E-state index in [1.165, 1.54) is 23.9 Å². The summed E-state index contributed by atoms with van der Waals surface area (Å²) >= 11 is 6.98. The predicted octanol–water partition coefficient (Wildman–Crippen LogP) is 4.44. The SMILES string of the molecule is CC(C)Sc1cccc(Cl)c1[C@H](O)C(F)(F)F. The number of rotatable bonds is 3. The normalized spacial score (nSPS) is 14.1. The van der Waals surface area contributed by atoms with E-state index in [9.17, 15) is 18.3 Å². The molecule has 0 unspecified atom stereocenters. The minimum Gasteiger partial charge on any atom is -0.379 e. The molecule has 0 spiro atoms. The van der Waals surface area contributed by atoms with Crippen LogP contribution < -0.4 is 0 Å². The summed E-state index contributed by atoms with van der Waals surface area (Å²) in [6.07, 6.45) is -7.26. The van der Waals surface area contributed by atoms with Crippen molar-refractivity contribution in [2.24, 2.45) is 0 Å². The summed E-state index contributed by atoms with van der Waals surface area (Å²) in [7, 11) is 0. The van der Waals surface area contributed by atoms with Crippen molar-refractivity contribution in [2.45, 2.75) is 36.3 Å². The van der Waals surface area contributed by atoms with Gasteiger partial charge in [0.25, 0.3) is 0 Å². The van der Waals surface area contributed by atoms with Crippen molar-refractivity contribution in [3.8, 4) is 0 Å². The van der Waals surface area contributed by atoms with E-state index >= 15 is 0 Å². The Hall–Kier alpha value is -0.390. The van der Waals surface area contributed by atoms with Gasteiger partial charge in [0, 0.05) is 20.7 Å². The van der Waals surface area contributed by atoms with Crippen LogP contribution in [0.2, 0.25) is 5.02 Å². The maximum Gasteiger partial charge on any atom is 0.418 e. The van der Waals surface area contributed by atoms with Crippen molar-refractivity contribution < 1.29 is 18.3 Å². The number of aliphatic hydroxyl groups is 1. The molecule has 96 valence electrons. The summed E-state index contributed by atoms with van der Waals surface area (Å²) in [5.41, 5.74) is -0.264. The molecule has 0 bridgehead atoms. The first kappa shape index (κ1) is 14.7. The Labute approximate surface area is 107 Å². The lowest BCUT2D eigenvalue weighted by Gasteiger charge is -2.20. The van der Waals surface area contributed by atoms with Gasteiger partial charge in [-0.3, -0.25) is 0 Å². The number of halogens is 4. The fraction of sp³-hybridized carbons (Fsp3) is 0.455. The first-order valence-electron chi connectivity index (χ1n) is 4.93. The molecular weight excluding hydrogens is 273 g/mol. The van der Waals surface area contributed by atoms with E-state index < -0.39 is 12.3 Å². The Morgan fingerprint density at radius 1 is 1.29 bits per heavy atom. The van der Waals surface area contributed by atoms with E-state index in [1.807, 2.05) is 13.8 Å². The summed E-state index contributed by atoms with van der Waals surface area (Å²) in [4.78, 5) is 0.359. The van der Waals surface area contributed by atoms with E-state index in [-0.39, 0.29) is 15.8 Å². The lowest BCUT2D eigenvalue weighted by molar-refractivity contribution is -0.207. The Kier molecular flexibility index (Phi) is 4.75. The second kappa shape index (κ2) is 5.50. The van der Waals surface area contributed by atoms with Crippen LogP contribution in [0.3, 0.4) is 0 Å². The lowest BCUT2D eigenvalue weighted by atomic mass is 10.1. The van der Waals surface area contributed by atoms with Crippen LogP contribution in [0.1, 0.15) is 25.5 Å². The average molecular weight is 285 g/mol. The number of thioether (sulfide) groups is 1. The summed E-state index contributed by atoms with van der Waals surface area (Å²) in [5, 5.41) is 9.34. The van der Waals surface area contributed by atoms with Crippen molar-refractivity contribution >= 4 is 23.4 Å². The van der Waals surface area contributed by atoms with E-state index in [0.717, 1.165) is 0 Å². The van der Waals surface area contributed by atoms with Crippen molar-refractivity contribution in [1.82, 2.24) is 0 Å². The van der Waals surface area contributed by atoms with Gasteiger partial charge in [0.1, 0.15) is 0 Å². The van der Waals surface area contributed by atoms with E-state index in [1.54, 1.807) is 6.07 Å². The highest BCUT2D eigenvalue weighted by molar-refractivity contribution is 8.00. The molecule has 0 amide bonds. The smallest absolute Gasteiger partial charge is 0.379 e. The van der Waals surface area contributed by atoms with Crippen LogP contribution in [0.5, 0.6) is 0 Å². The maximum absolute atomic E-state index is 12.5. The van der Waals surface area contributed by atoms with Crippen LogP contribution in [0.25, 0.3) is 0 Å².